The van der Waals surface area contributed by atoms with E-state index in [1.54, 1.807) is 0 Å². The molecule has 0 aromatic carbocycles. The summed E-state index contributed by atoms with van der Waals surface area (Å²) >= 11 is 0. The molecule has 0 bridgehead atoms. The van der Waals surface area contributed by atoms with Crippen molar-refractivity contribution in [2.75, 3.05) is 14.2 Å². The summed E-state index contributed by atoms with van der Waals surface area (Å²) in [6.45, 7) is 0.904. The van der Waals surface area contributed by atoms with E-state index in [9.17, 15) is 31.5 Å². The Morgan fingerprint density at radius 2 is 1.50 bits per heavy atom. The van der Waals surface area contributed by atoms with Gasteiger partial charge in [-0.15, -0.1) is 0 Å². The zero-order valence-corrected chi connectivity index (χ0v) is 11.5. The predicted octanol–water partition coefficient (Wildman–Crippen LogP) is 2.92. The van der Waals surface area contributed by atoms with Gasteiger partial charge in [-0.1, -0.05) is 0 Å². The second-order valence-corrected chi connectivity index (χ2v) is 4.00. The van der Waals surface area contributed by atoms with Gasteiger partial charge in [0.25, 0.3) is 6.43 Å². The van der Waals surface area contributed by atoms with E-state index in [0.29, 0.717) is 0 Å². The summed E-state index contributed by atoms with van der Waals surface area (Å²) in [6, 6.07) is 0. The van der Waals surface area contributed by atoms with E-state index in [-0.39, 0.29) is 0 Å². The molecular weight excluding hydrogens is 317 g/mol. The normalized spacial score (nSPS) is 11.5. The number of ether oxygens (including phenoxy) is 2. The number of carbonyl (C=O) groups excluding carboxylic acids is 2. The molecule has 0 aliphatic heterocycles. The van der Waals surface area contributed by atoms with Crippen molar-refractivity contribution in [2.45, 2.75) is 19.5 Å². The lowest BCUT2D eigenvalue weighted by Crippen LogP contribution is -2.23. The van der Waals surface area contributed by atoms with E-state index in [1.165, 1.54) is 0 Å². The first-order valence-corrected chi connectivity index (χ1v) is 5.62. The zero-order valence-electron chi connectivity index (χ0n) is 11.5. The number of hydrogen-bond acceptors (Lipinski definition) is 5. The van der Waals surface area contributed by atoms with E-state index >= 15 is 0 Å². The molecule has 0 N–H and O–H groups in total. The fraction of sp³-hybridized carbons (Fsp3) is 0.417. The lowest BCUT2D eigenvalue weighted by molar-refractivity contribution is -0.142. The number of hydrogen-bond donors (Lipinski definition) is 0. The van der Waals surface area contributed by atoms with Crippen LogP contribution in [0.3, 0.4) is 0 Å². The first-order valence-electron chi connectivity index (χ1n) is 5.62. The highest BCUT2D eigenvalue weighted by Crippen LogP contribution is 2.36. The molecule has 0 aliphatic carbocycles. The molecule has 0 saturated carbocycles. The van der Waals surface area contributed by atoms with Gasteiger partial charge in [0, 0.05) is 0 Å². The third-order valence-corrected chi connectivity index (χ3v) is 2.73. The fourth-order valence-corrected chi connectivity index (χ4v) is 1.80. The Kier molecular flexibility index (Phi) is 5.05. The van der Waals surface area contributed by atoms with Gasteiger partial charge in [0.2, 0.25) is 0 Å². The molecule has 5 nitrogen and oxygen atoms in total. The highest BCUT2D eigenvalue weighted by molar-refractivity contribution is 5.99. The maximum Gasteiger partial charge on any atom is 0.434 e. The Bertz CT molecular complexity index is 613. The average molecular weight is 327 g/mol. The molecule has 10 heteroatoms. The van der Waals surface area contributed by atoms with Crippen LogP contribution in [-0.4, -0.2) is 31.1 Å². The average Bonchev–Trinajstić information content (AvgIpc) is 2.43. The molecule has 0 aliphatic rings. The summed E-state index contributed by atoms with van der Waals surface area (Å²) in [6.07, 6.45) is -8.66. The SMILES string of the molecule is COC(=O)c1c(C(F)F)nc(C(F)(F)F)c(C(=O)OC)c1C. The summed E-state index contributed by atoms with van der Waals surface area (Å²) in [5, 5.41) is 0. The lowest BCUT2D eigenvalue weighted by Gasteiger charge is -2.18. The number of rotatable bonds is 3. The van der Waals surface area contributed by atoms with Crippen molar-refractivity contribution in [1.82, 2.24) is 4.98 Å². The molecule has 0 fully saturated rings. The third kappa shape index (κ3) is 3.15. The first kappa shape index (κ1) is 17.8. The molecule has 0 amide bonds. The maximum absolute atomic E-state index is 13.0. The molecule has 0 radical (unpaired) electrons. The molecule has 1 aromatic heterocycles. The van der Waals surface area contributed by atoms with Crippen LogP contribution in [0.2, 0.25) is 0 Å². The molecule has 1 rings (SSSR count). The predicted molar refractivity (Wildman–Crippen MR) is 61.6 cm³/mol. The Balaban J connectivity index is 3.89. The molecule has 0 unspecified atom stereocenters. The van der Waals surface area contributed by atoms with Crippen molar-refractivity contribution < 1.29 is 41.0 Å². The minimum atomic E-state index is -5.19. The number of halogens is 5. The van der Waals surface area contributed by atoms with Crippen molar-refractivity contribution in [3.8, 4) is 0 Å². The van der Waals surface area contributed by atoms with Crippen molar-refractivity contribution in [2.24, 2.45) is 0 Å². The van der Waals surface area contributed by atoms with E-state index < -0.39 is 52.6 Å². The first-order chi connectivity index (χ1) is 10.1. The Morgan fingerprint density at radius 1 is 1.05 bits per heavy atom. The molecule has 0 spiro atoms. The molecule has 0 atom stereocenters. The van der Waals surface area contributed by atoms with Crippen molar-refractivity contribution in [3.63, 3.8) is 0 Å². The van der Waals surface area contributed by atoms with E-state index in [2.05, 4.69) is 14.5 Å². The summed E-state index contributed by atoms with van der Waals surface area (Å²) in [5.41, 5.74) is -5.91. The third-order valence-electron chi connectivity index (χ3n) is 2.73. The number of esters is 2. The minimum Gasteiger partial charge on any atom is -0.465 e. The molecule has 0 saturated heterocycles. The van der Waals surface area contributed by atoms with Gasteiger partial charge >= 0.3 is 18.1 Å². The van der Waals surface area contributed by atoms with Gasteiger partial charge in [-0.25, -0.2) is 23.4 Å². The van der Waals surface area contributed by atoms with E-state index in [4.69, 9.17) is 0 Å². The smallest absolute Gasteiger partial charge is 0.434 e. The summed E-state index contributed by atoms with van der Waals surface area (Å²) in [7, 11) is 1.66. The molecular formula is C12H10F5NO4. The van der Waals surface area contributed by atoms with Crippen molar-refractivity contribution in [1.29, 1.82) is 0 Å². The van der Waals surface area contributed by atoms with Crippen LogP contribution in [0, 0.1) is 6.92 Å². The highest BCUT2D eigenvalue weighted by Gasteiger charge is 2.42. The van der Waals surface area contributed by atoms with Gasteiger partial charge in [-0.2, -0.15) is 13.2 Å². The number of carbonyl (C=O) groups is 2. The molecule has 1 aromatic rings. The molecule has 122 valence electrons. The lowest BCUT2D eigenvalue weighted by atomic mass is 9.98. The zero-order chi connectivity index (χ0) is 17.2. The van der Waals surface area contributed by atoms with Gasteiger partial charge in [0.05, 0.1) is 25.3 Å². The maximum atomic E-state index is 13.0. The topological polar surface area (TPSA) is 65.5 Å². The molecule has 22 heavy (non-hydrogen) atoms. The van der Waals surface area contributed by atoms with Crippen LogP contribution in [0.15, 0.2) is 0 Å². The number of aromatic nitrogens is 1. The largest absolute Gasteiger partial charge is 0.465 e. The van der Waals surface area contributed by atoms with Crippen molar-refractivity contribution in [3.05, 3.63) is 28.1 Å². The number of nitrogens with zero attached hydrogens (tertiary/aromatic N) is 1. The van der Waals surface area contributed by atoms with Crippen LogP contribution >= 0.6 is 0 Å². The number of alkyl halides is 5. The number of pyridine rings is 1. The summed E-state index contributed by atoms with van der Waals surface area (Å²) < 4.78 is 73.2. The van der Waals surface area contributed by atoms with Crippen LogP contribution in [0.1, 0.15) is 44.1 Å². The quantitative estimate of drug-likeness (QED) is 0.631. The summed E-state index contributed by atoms with van der Waals surface area (Å²) in [4.78, 5) is 25.9. The van der Waals surface area contributed by atoms with Gasteiger partial charge in [-0.3, -0.25) is 0 Å². The fourth-order valence-electron chi connectivity index (χ4n) is 1.80. The monoisotopic (exact) mass is 327 g/mol. The highest BCUT2D eigenvalue weighted by atomic mass is 19.4. The summed E-state index contributed by atoms with van der Waals surface area (Å²) in [5.74, 6) is -2.79. The minimum absolute atomic E-state index is 0.642. The molecule has 1 heterocycles. The number of methoxy groups -OCH3 is 2. The van der Waals surface area contributed by atoms with Crippen LogP contribution in [0.25, 0.3) is 0 Å². The Labute approximate surface area is 121 Å². The second-order valence-electron chi connectivity index (χ2n) is 4.00. The second kappa shape index (κ2) is 6.24. The van der Waals surface area contributed by atoms with Gasteiger partial charge in [-0.05, 0) is 12.5 Å². The van der Waals surface area contributed by atoms with Crippen LogP contribution < -0.4 is 0 Å². The Morgan fingerprint density at radius 3 is 1.86 bits per heavy atom. The van der Waals surface area contributed by atoms with Crippen LogP contribution in [0.5, 0.6) is 0 Å². The van der Waals surface area contributed by atoms with E-state index in [1.807, 2.05) is 0 Å². The Hall–Kier alpha value is -2.26. The van der Waals surface area contributed by atoms with E-state index in [0.717, 1.165) is 21.1 Å². The van der Waals surface area contributed by atoms with Gasteiger partial charge < -0.3 is 9.47 Å². The van der Waals surface area contributed by atoms with Crippen LogP contribution in [0.4, 0.5) is 22.0 Å². The van der Waals surface area contributed by atoms with Crippen LogP contribution in [-0.2, 0) is 15.7 Å². The van der Waals surface area contributed by atoms with Crippen molar-refractivity contribution >= 4 is 11.9 Å². The van der Waals surface area contributed by atoms with Gasteiger partial charge in [0.15, 0.2) is 5.69 Å². The van der Waals surface area contributed by atoms with Gasteiger partial charge in [0.1, 0.15) is 5.69 Å². The standard InChI is InChI=1S/C12H10F5NO4/c1-4-5(10(19)21-2)7(9(13)14)18-8(12(15,16)17)6(4)11(20)22-3/h9H,1-3H3.